The van der Waals surface area contributed by atoms with Crippen LogP contribution < -0.4 is 4.74 Å². The Morgan fingerprint density at radius 3 is 2.54 bits per heavy atom. The minimum absolute atomic E-state index is 0.797. The summed E-state index contributed by atoms with van der Waals surface area (Å²) in [5, 5.41) is 8.66. The largest absolute Gasteiger partial charge is 0.497 e. The fourth-order valence-corrected chi connectivity index (χ4v) is 2.71. The number of benzene rings is 2. The van der Waals surface area contributed by atoms with Crippen LogP contribution in [-0.2, 0) is 0 Å². The van der Waals surface area contributed by atoms with Crippen LogP contribution in [0.15, 0.2) is 71.3 Å². The molecule has 0 fully saturated rings. The molecule has 116 valence electrons. The van der Waals surface area contributed by atoms with E-state index in [1.807, 2.05) is 48.5 Å². The van der Waals surface area contributed by atoms with Crippen molar-refractivity contribution in [3.8, 4) is 17.0 Å². The normalized spacial score (nSPS) is 14.0. The van der Waals surface area contributed by atoms with Crippen LogP contribution in [0.4, 0.5) is 0 Å². The zero-order valence-corrected chi connectivity index (χ0v) is 13.0. The highest BCUT2D eigenvalue weighted by atomic mass is 16.5. The van der Waals surface area contributed by atoms with Crippen molar-refractivity contribution in [1.29, 1.82) is 0 Å². The molecule has 0 saturated carbocycles. The Labute approximate surface area is 139 Å². The minimum atomic E-state index is 0.797. The molecule has 0 radical (unpaired) electrons. The van der Waals surface area contributed by atoms with E-state index in [2.05, 4.69) is 20.2 Å². The first-order valence-electron chi connectivity index (χ1n) is 7.52. The van der Waals surface area contributed by atoms with Gasteiger partial charge in [0.25, 0.3) is 0 Å². The number of fused-ring (bicyclic) bond motifs is 3. The Balaban J connectivity index is 1.70. The van der Waals surface area contributed by atoms with Gasteiger partial charge in [-0.25, -0.2) is 9.97 Å². The van der Waals surface area contributed by atoms with Gasteiger partial charge in [-0.2, -0.15) is 5.10 Å². The predicted molar refractivity (Wildman–Crippen MR) is 93.7 cm³/mol. The quantitative estimate of drug-likeness (QED) is 0.430. The molecule has 0 saturated heterocycles. The highest BCUT2D eigenvalue weighted by Crippen LogP contribution is 2.34. The Morgan fingerprint density at radius 1 is 0.958 bits per heavy atom. The van der Waals surface area contributed by atoms with Gasteiger partial charge in [-0.05, 0) is 29.8 Å². The van der Waals surface area contributed by atoms with E-state index in [9.17, 15) is 0 Å². The predicted octanol–water partition coefficient (Wildman–Crippen LogP) is 3.34. The standard InChI is InChI=1S/C19H14N4O/c1-24-14-8-6-13(7-9-14)10-22-23-19-16-5-3-2-4-15(16)18-17(19)11-20-12-21-18/h2-12H,1H3/b22-10+,23-19-. The monoisotopic (exact) mass is 314 g/mol. The van der Waals surface area contributed by atoms with Crippen molar-refractivity contribution in [2.75, 3.05) is 7.11 Å². The molecule has 1 heterocycles. The highest BCUT2D eigenvalue weighted by Gasteiger charge is 2.25. The summed E-state index contributed by atoms with van der Waals surface area (Å²) in [5.74, 6) is 0.814. The number of methoxy groups -OCH3 is 1. The zero-order valence-electron chi connectivity index (χ0n) is 13.0. The van der Waals surface area contributed by atoms with Gasteiger partial charge in [0.1, 0.15) is 17.8 Å². The maximum absolute atomic E-state index is 5.15. The highest BCUT2D eigenvalue weighted by molar-refractivity contribution is 6.23. The molecule has 1 aromatic heterocycles. The van der Waals surface area contributed by atoms with Crippen molar-refractivity contribution in [2.24, 2.45) is 10.2 Å². The molecule has 0 unspecified atom stereocenters. The first-order chi connectivity index (χ1) is 11.9. The lowest BCUT2D eigenvalue weighted by Crippen LogP contribution is -1.98. The third-order valence-corrected chi connectivity index (χ3v) is 3.89. The molecule has 24 heavy (non-hydrogen) atoms. The lowest BCUT2D eigenvalue weighted by Gasteiger charge is -1.99. The molecule has 1 aliphatic rings. The van der Waals surface area contributed by atoms with Crippen LogP contribution in [-0.4, -0.2) is 29.0 Å². The maximum atomic E-state index is 5.15. The summed E-state index contributed by atoms with van der Waals surface area (Å²) < 4.78 is 5.15. The van der Waals surface area contributed by atoms with E-state index in [1.54, 1.807) is 25.8 Å². The number of nitrogens with zero attached hydrogens (tertiary/aromatic N) is 4. The van der Waals surface area contributed by atoms with Crippen LogP contribution in [0.2, 0.25) is 0 Å². The molecule has 5 nitrogen and oxygen atoms in total. The number of ether oxygens (including phenoxy) is 1. The second-order valence-corrected chi connectivity index (χ2v) is 5.30. The van der Waals surface area contributed by atoms with Crippen LogP contribution in [0, 0.1) is 0 Å². The van der Waals surface area contributed by atoms with Gasteiger partial charge in [0.2, 0.25) is 0 Å². The molecule has 5 heteroatoms. The number of aromatic nitrogens is 2. The zero-order chi connectivity index (χ0) is 16.4. The van der Waals surface area contributed by atoms with Crippen molar-refractivity contribution in [2.45, 2.75) is 0 Å². The third kappa shape index (κ3) is 2.46. The van der Waals surface area contributed by atoms with E-state index in [0.29, 0.717) is 0 Å². The molecule has 1 aliphatic carbocycles. The fraction of sp³-hybridized carbons (Fsp3) is 0.0526. The average Bonchev–Trinajstić information content (AvgIpc) is 2.97. The number of hydrogen-bond acceptors (Lipinski definition) is 5. The van der Waals surface area contributed by atoms with Gasteiger partial charge >= 0.3 is 0 Å². The van der Waals surface area contributed by atoms with Crippen LogP contribution in [0.5, 0.6) is 5.75 Å². The molecule has 0 bridgehead atoms. The van der Waals surface area contributed by atoms with Gasteiger partial charge in [-0.3, -0.25) is 0 Å². The maximum Gasteiger partial charge on any atom is 0.118 e. The summed E-state index contributed by atoms with van der Waals surface area (Å²) >= 11 is 0. The van der Waals surface area contributed by atoms with Crippen LogP contribution in [0.25, 0.3) is 11.3 Å². The SMILES string of the molecule is COc1ccc(/C=N/N=C2/c3ccccc3-c3ncncc32)cc1. The summed E-state index contributed by atoms with van der Waals surface area (Å²) in [6, 6.07) is 15.7. The fourth-order valence-electron chi connectivity index (χ4n) is 2.71. The van der Waals surface area contributed by atoms with Gasteiger partial charge in [0.15, 0.2) is 0 Å². The van der Waals surface area contributed by atoms with Crippen LogP contribution in [0.1, 0.15) is 16.7 Å². The van der Waals surface area contributed by atoms with Gasteiger partial charge < -0.3 is 4.74 Å². The summed E-state index contributed by atoms with van der Waals surface area (Å²) in [6.45, 7) is 0. The first-order valence-corrected chi connectivity index (χ1v) is 7.52. The lowest BCUT2D eigenvalue weighted by molar-refractivity contribution is 0.415. The van der Waals surface area contributed by atoms with Gasteiger partial charge in [0.05, 0.1) is 19.0 Å². The topological polar surface area (TPSA) is 59.7 Å². The van der Waals surface area contributed by atoms with Crippen molar-refractivity contribution in [3.63, 3.8) is 0 Å². The third-order valence-electron chi connectivity index (χ3n) is 3.89. The number of rotatable bonds is 3. The van der Waals surface area contributed by atoms with Crippen LogP contribution >= 0.6 is 0 Å². The van der Waals surface area contributed by atoms with E-state index in [-0.39, 0.29) is 0 Å². The summed E-state index contributed by atoms with van der Waals surface area (Å²) in [5.41, 5.74) is 5.65. The summed E-state index contributed by atoms with van der Waals surface area (Å²) in [4.78, 5) is 8.50. The first kappa shape index (κ1) is 14.3. The summed E-state index contributed by atoms with van der Waals surface area (Å²) in [7, 11) is 1.64. The molecule has 0 N–H and O–H groups in total. The molecule has 0 amide bonds. The van der Waals surface area contributed by atoms with Crippen molar-refractivity contribution in [1.82, 2.24) is 9.97 Å². The number of hydrogen-bond donors (Lipinski definition) is 0. The lowest BCUT2D eigenvalue weighted by atomic mass is 10.1. The summed E-state index contributed by atoms with van der Waals surface area (Å²) in [6.07, 6.45) is 5.06. The van der Waals surface area contributed by atoms with E-state index in [0.717, 1.165) is 39.4 Å². The molecule has 0 aliphatic heterocycles. The second kappa shape index (κ2) is 6.04. The van der Waals surface area contributed by atoms with E-state index >= 15 is 0 Å². The molecule has 3 aromatic rings. The van der Waals surface area contributed by atoms with E-state index in [4.69, 9.17) is 4.74 Å². The van der Waals surface area contributed by atoms with Crippen molar-refractivity contribution < 1.29 is 4.74 Å². The Morgan fingerprint density at radius 2 is 1.75 bits per heavy atom. The Bertz CT molecular complexity index is 898. The Kier molecular flexibility index (Phi) is 3.59. The molecule has 2 aromatic carbocycles. The van der Waals surface area contributed by atoms with Gasteiger partial charge in [0, 0.05) is 22.9 Å². The minimum Gasteiger partial charge on any atom is -0.497 e. The second-order valence-electron chi connectivity index (χ2n) is 5.30. The Hall–Kier alpha value is -3.34. The molecule has 0 spiro atoms. The van der Waals surface area contributed by atoms with Crippen LogP contribution in [0.3, 0.4) is 0 Å². The molecule has 0 atom stereocenters. The van der Waals surface area contributed by atoms with Crippen molar-refractivity contribution in [3.05, 3.63) is 77.7 Å². The average molecular weight is 314 g/mol. The smallest absolute Gasteiger partial charge is 0.118 e. The van der Waals surface area contributed by atoms with Gasteiger partial charge in [-0.15, -0.1) is 5.10 Å². The van der Waals surface area contributed by atoms with Gasteiger partial charge in [-0.1, -0.05) is 24.3 Å². The van der Waals surface area contributed by atoms with E-state index < -0.39 is 0 Å². The van der Waals surface area contributed by atoms with E-state index in [1.165, 1.54) is 0 Å². The molecular weight excluding hydrogens is 300 g/mol. The molecular formula is C19H14N4O. The molecule has 4 rings (SSSR count). The van der Waals surface area contributed by atoms with Crippen molar-refractivity contribution >= 4 is 11.9 Å².